The second-order valence-electron chi connectivity index (χ2n) is 7.26. The highest BCUT2D eigenvalue weighted by atomic mass is 35.5. The van der Waals surface area contributed by atoms with Crippen LogP contribution in [0.1, 0.15) is 58.8 Å². The zero-order valence-corrected chi connectivity index (χ0v) is 15.8. The molecule has 23 heavy (non-hydrogen) atoms. The van der Waals surface area contributed by atoms with Crippen LogP contribution in [0.3, 0.4) is 0 Å². The number of carbonyl (C=O) groups is 1. The number of sulfone groups is 1. The van der Waals surface area contributed by atoms with E-state index in [1.807, 2.05) is 13.8 Å². The van der Waals surface area contributed by atoms with Crippen molar-refractivity contribution in [3.63, 3.8) is 0 Å². The Balaban J connectivity index is 0.00000264. The van der Waals surface area contributed by atoms with Gasteiger partial charge in [-0.2, -0.15) is 0 Å². The molecular formula is C16H31ClN2O3S. The zero-order valence-electron chi connectivity index (χ0n) is 14.2. The minimum absolute atomic E-state index is 0. The molecule has 0 aromatic heterocycles. The lowest BCUT2D eigenvalue weighted by atomic mass is 10.0. The number of halogens is 1. The number of hydrogen-bond acceptors (Lipinski definition) is 4. The van der Waals surface area contributed by atoms with E-state index >= 15 is 0 Å². The summed E-state index contributed by atoms with van der Waals surface area (Å²) in [6.07, 6.45) is 6.61. The molecule has 0 aliphatic heterocycles. The Morgan fingerprint density at radius 3 is 2.17 bits per heavy atom. The quantitative estimate of drug-likeness (QED) is 0.721. The molecule has 7 heteroatoms. The summed E-state index contributed by atoms with van der Waals surface area (Å²) in [7, 11) is -3.43. The van der Waals surface area contributed by atoms with Crippen molar-refractivity contribution < 1.29 is 13.2 Å². The van der Waals surface area contributed by atoms with Crippen LogP contribution in [0.15, 0.2) is 0 Å². The van der Waals surface area contributed by atoms with Crippen molar-refractivity contribution in [1.29, 1.82) is 0 Å². The average molecular weight is 367 g/mol. The topological polar surface area (TPSA) is 89.3 Å². The Hall–Kier alpha value is -0.330. The van der Waals surface area contributed by atoms with Gasteiger partial charge >= 0.3 is 0 Å². The van der Waals surface area contributed by atoms with E-state index in [4.69, 9.17) is 5.73 Å². The first-order valence-electron chi connectivity index (χ1n) is 8.60. The molecule has 2 rings (SSSR count). The van der Waals surface area contributed by atoms with Gasteiger partial charge in [0.2, 0.25) is 5.91 Å². The molecule has 1 amide bonds. The summed E-state index contributed by atoms with van der Waals surface area (Å²) >= 11 is 0. The van der Waals surface area contributed by atoms with Gasteiger partial charge in [0.25, 0.3) is 0 Å². The van der Waals surface area contributed by atoms with Gasteiger partial charge < -0.3 is 11.1 Å². The fourth-order valence-electron chi connectivity index (χ4n) is 3.44. The van der Waals surface area contributed by atoms with Gasteiger partial charge in [-0.15, -0.1) is 12.4 Å². The van der Waals surface area contributed by atoms with Crippen LogP contribution in [0.5, 0.6) is 0 Å². The third-order valence-electron chi connectivity index (χ3n) is 4.97. The predicted molar refractivity (Wildman–Crippen MR) is 95.4 cm³/mol. The van der Waals surface area contributed by atoms with E-state index in [0.717, 1.165) is 32.1 Å². The number of amides is 1. The zero-order chi connectivity index (χ0) is 16.3. The van der Waals surface area contributed by atoms with Crippen molar-refractivity contribution in [1.82, 2.24) is 5.32 Å². The van der Waals surface area contributed by atoms with Crippen molar-refractivity contribution in [3.8, 4) is 0 Å². The Labute approximate surface area is 146 Å². The molecule has 0 heterocycles. The van der Waals surface area contributed by atoms with Gasteiger partial charge in [0.15, 0.2) is 9.84 Å². The third-order valence-corrected chi connectivity index (χ3v) is 7.84. The smallest absolute Gasteiger partial charge is 0.238 e. The lowest BCUT2D eigenvalue weighted by Gasteiger charge is -2.28. The fourth-order valence-corrected chi connectivity index (χ4v) is 5.99. The van der Waals surface area contributed by atoms with Gasteiger partial charge in [-0.3, -0.25) is 4.79 Å². The third kappa shape index (κ3) is 5.33. The molecule has 2 aliphatic carbocycles. The molecule has 2 unspecified atom stereocenters. The molecule has 136 valence electrons. The molecule has 0 saturated heterocycles. The molecule has 2 fully saturated rings. The Morgan fingerprint density at radius 1 is 1.13 bits per heavy atom. The molecule has 0 aromatic rings. The van der Waals surface area contributed by atoms with Crippen LogP contribution in [0.4, 0.5) is 0 Å². The van der Waals surface area contributed by atoms with Crippen molar-refractivity contribution in [2.75, 3.05) is 6.54 Å². The Morgan fingerprint density at radius 2 is 1.70 bits per heavy atom. The maximum absolute atomic E-state index is 12.9. The molecule has 2 atom stereocenters. The SMILES string of the molecule is CC(C)C(C(=O)NCC(N)C1CC1)S(=O)(=O)C1CCCCC1.Cl. The van der Waals surface area contributed by atoms with Crippen LogP contribution < -0.4 is 11.1 Å². The summed E-state index contributed by atoms with van der Waals surface area (Å²) in [5.74, 6) is -0.0894. The summed E-state index contributed by atoms with van der Waals surface area (Å²) in [6, 6.07) is -0.0471. The fraction of sp³-hybridized carbons (Fsp3) is 0.938. The molecule has 0 bridgehead atoms. The maximum Gasteiger partial charge on any atom is 0.238 e. The number of hydrogen-bond donors (Lipinski definition) is 2. The van der Waals surface area contributed by atoms with Crippen molar-refractivity contribution in [3.05, 3.63) is 0 Å². The number of nitrogens with one attached hydrogen (secondary N) is 1. The van der Waals surface area contributed by atoms with Crippen LogP contribution in [0, 0.1) is 11.8 Å². The van der Waals surface area contributed by atoms with Crippen LogP contribution in [-0.2, 0) is 14.6 Å². The minimum atomic E-state index is -3.43. The van der Waals surface area contributed by atoms with Gasteiger partial charge in [0.1, 0.15) is 5.25 Å². The van der Waals surface area contributed by atoms with E-state index in [-0.39, 0.29) is 35.5 Å². The Kier molecular flexibility index (Phi) is 7.81. The normalized spacial score (nSPS) is 22.3. The van der Waals surface area contributed by atoms with E-state index < -0.39 is 15.1 Å². The average Bonchev–Trinajstić information content (AvgIpc) is 3.29. The van der Waals surface area contributed by atoms with E-state index in [1.165, 1.54) is 0 Å². The standard InChI is InChI=1S/C16H30N2O3S.ClH/c1-11(2)15(16(19)18-10-14(17)12-8-9-12)22(20,21)13-6-4-3-5-7-13;/h11-15H,3-10,17H2,1-2H3,(H,18,19);1H. The molecule has 2 aliphatic rings. The first-order valence-corrected chi connectivity index (χ1v) is 10.2. The van der Waals surface area contributed by atoms with E-state index in [9.17, 15) is 13.2 Å². The maximum atomic E-state index is 12.9. The van der Waals surface area contributed by atoms with Crippen molar-refractivity contribution in [2.24, 2.45) is 17.6 Å². The van der Waals surface area contributed by atoms with Crippen LogP contribution in [0.25, 0.3) is 0 Å². The van der Waals surface area contributed by atoms with E-state index in [0.29, 0.717) is 25.3 Å². The summed E-state index contributed by atoms with van der Waals surface area (Å²) < 4.78 is 25.7. The van der Waals surface area contributed by atoms with Crippen LogP contribution in [0.2, 0.25) is 0 Å². The molecule has 0 aromatic carbocycles. The number of nitrogens with two attached hydrogens (primary N) is 1. The van der Waals surface area contributed by atoms with Crippen molar-refractivity contribution in [2.45, 2.75) is 75.3 Å². The number of carbonyl (C=O) groups excluding carboxylic acids is 1. The lowest BCUT2D eigenvalue weighted by Crippen LogP contribution is -2.49. The minimum Gasteiger partial charge on any atom is -0.353 e. The van der Waals surface area contributed by atoms with E-state index in [1.54, 1.807) is 0 Å². The van der Waals surface area contributed by atoms with E-state index in [2.05, 4.69) is 5.32 Å². The second kappa shape index (κ2) is 8.67. The first kappa shape index (κ1) is 20.7. The Bertz CT molecular complexity index is 486. The highest BCUT2D eigenvalue weighted by Crippen LogP contribution is 2.31. The predicted octanol–water partition coefficient (Wildman–Crippen LogP) is 2.03. The molecule has 5 nitrogen and oxygen atoms in total. The largest absolute Gasteiger partial charge is 0.353 e. The first-order chi connectivity index (χ1) is 10.3. The molecule has 3 N–H and O–H groups in total. The molecular weight excluding hydrogens is 336 g/mol. The van der Waals surface area contributed by atoms with Crippen LogP contribution in [-0.4, -0.2) is 37.4 Å². The van der Waals surface area contributed by atoms with Crippen LogP contribution >= 0.6 is 12.4 Å². The highest BCUT2D eigenvalue weighted by Gasteiger charge is 2.41. The molecule has 2 saturated carbocycles. The summed E-state index contributed by atoms with van der Waals surface area (Å²) in [6.45, 7) is 4.00. The van der Waals surface area contributed by atoms with Gasteiger partial charge in [0.05, 0.1) is 5.25 Å². The van der Waals surface area contributed by atoms with Gasteiger partial charge in [-0.1, -0.05) is 33.1 Å². The van der Waals surface area contributed by atoms with Gasteiger partial charge in [-0.05, 0) is 37.5 Å². The molecule has 0 spiro atoms. The monoisotopic (exact) mass is 366 g/mol. The highest BCUT2D eigenvalue weighted by molar-refractivity contribution is 7.93. The van der Waals surface area contributed by atoms with Crippen molar-refractivity contribution >= 4 is 28.2 Å². The number of rotatable bonds is 7. The summed E-state index contributed by atoms with van der Waals surface area (Å²) in [5, 5.41) is 1.49. The summed E-state index contributed by atoms with van der Waals surface area (Å²) in [4.78, 5) is 12.5. The van der Waals surface area contributed by atoms with Gasteiger partial charge in [-0.25, -0.2) is 8.42 Å². The summed E-state index contributed by atoms with van der Waals surface area (Å²) in [5.41, 5.74) is 5.99. The second-order valence-corrected chi connectivity index (χ2v) is 9.61. The van der Waals surface area contributed by atoms with Gasteiger partial charge in [0, 0.05) is 12.6 Å². The lowest BCUT2D eigenvalue weighted by molar-refractivity contribution is -0.121. The molecule has 0 radical (unpaired) electrons.